The van der Waals surface area contributed by atoms with Crippen molar-refractivity contribution in [3.8, 4) is 0 Å². The normalized spacial score (nSPS) is 26.6. The number of carbonyl (C=O) groups excluding carboxylic acids is 3. The highest BCUT2D eigenvalue weighted by Gasteiger charge is 2.73. The summed E-state index contributed by atoms with van der Waals surface area (Å²) in [5.74, 6) is -0.951. The van der Waals surface area contributed by atoms with Gasteiger partial charge in [-0.2, -0.15) is 0 Å². The molecule has 3 amide bonds. The molecule has 3 aliphatic heterocycles. The zero-order valence-corrected chi connectivity index (χ0v) is 24.7. The number of nitrogens with zero attached hydrogens (tertiary/aromatic N) is 3. The molecule has 2 unspecified atom stereocenters. The van der Waals surface area contributed by atoms with E-state index in [0.29, 0.717) is 32.7 Å². The van der Waals surface area contributed by atoms with E-state index in [4.69, 9.17) is 0 Å². The molecule has 0 aromatic heterocycles. The predicted octanol–water partition coefficient (Wildman–Crippen LogP) is 4.27. The van der Waals surface area contributed by atoms with Crippen LogP contribution in [-0.4, -0.2) is 86.4 Å². The lowest BCUT2D eigenvalue weighted by atomic mass is 9.70. The van der Waals surface area contributed by atoms with E-state index in [2.05, 4.69) is 20.1 Å². The zero-order valence-electron chi connectivity index (χ0n) is 23.9. The molecule has 0 saturated carbocycles. The van der Waals surface area contributed by atoms with Gasteiger partial charge in [0.15, 0.2) is 0 Å². The number of aliphatic hydroxyl groups excluding tert-OH is 1. The van der Waals surface area contributed by atoms with Crippen LogP contribution in [0.4, 0.5) is 0 Å². The molecule has 4 rings (SSSR count). The fourth-order valence-corrected chi connectivity index (χ4v) is 9.20. The highest BCUT2D eigenvalue weighted by atomic mass is 32.2. The van der Waals surface area contributed by atoms with Gasteiger partial charge in [0.1, 0.15) is 6.04 Å². The van der Waals surface area contributed by atoms with Gasteiger partial charge in [0.25, 0.3) is 0 Å². The molecule has 0 aliphatic carbocycles. The van der Waals surface area contributed by atoms with Gasteiger partial charge in [-0.05, 0) is 37.7 Å². The molecule has 7 nitrogen and oxygen atoms in total. The van der Waals surface area contributed by atoms with Gasteiger partial charge in [0.05, 0.1) is 16.6 Å². The summed E-state index contributed by atoms with van der Waals surface area (Å²) in [6, 6.07) is 9.31. The number of thioether (sulfide) groups is 1. The van der Waals surface area contributed by atoms with Gasteiger partial charge in [-0.1, -0.05) is 62.2 Å². The highest BCUT2D eigenvalue weighted by Crippen LogP contribution is 2.66. The summed E-state index contributed by atoms with van der Waals surface area (Å²) in [5.41, 5.74) is 1.03. The summed E-state index contributed by atoms with van der Waals surface area (Å²) >= 11 is 1.73. The summed E-state index contributed by atoms with van der Waals surface area (Å²) in [6.07, 6.45) is 9.21. The number of aliphatic hydroxyl groups is 1. The van der Waals surface area contributed by atoms with Crippen molar-refractivity contribution in [2.45, 2.75) is 74.5 Å². The summed E-state index contributed by atoms with van der Waals surface area (Å²) in [6.45, 7) is 12.4. The van der Waals surface area contributed by atoms with Crippen LogP contribution in [0.15, 0.2) is 55.6 Å². The Balaban J connectivity index is 1.67. The molecular formula is C32H45N3O4S. The SMILES string of the molecule is C=CCN(Cc1ccccc1)C(=O)C1N(CCCCCCO)C(=O)[C@@H]2[C@@H](C(=O)N(CC=C)CCC)[C@H]3CCC12S3. The Hall–Kier alpha value is -2.58. The van der Waals surface area contributed by atoms with Crippen molar-refractivity contribution in [1.29, 1.82) is 0 Å². The largest absolute Gasteiger partial charge is 0.396 e. The summed E-state index contributed by atoms with van der Waals surface area (Å²) < 4.78 is -0.591. The number of amides is 3. The maximum atomic E-state index is 14.5. The fourth-order valence-electron chi connectivity index (χ4n) is 7.00. The van der Waals surface area contributed by atoms with E-state index in [1.165, 1.54) is 0 Å². The third-order valence-corrected chi connectivity index (χ3v) is 10.6. The monoisotopic (exact) mass is 567 g/mol. The third kappa shape index (κ3) is 5.89. The lowest BCUT2D eigenvalue weighted by Crippen LogP contribution is -2.54. The lowest BCUT2D eigenvalue weighted by Gasteiger charge is -2.37. The second-order valence-electron chi connectivity index (χ2n) is 11.3. The Bertz CT molecular complexity index is 1070. The number of unbranched alkanes of at least 4 members (excludes halogenated alkanes) is 3. The van der Waals surface area contributed by atoms with Gasteiger partial charge in [-0.3, -0.25) is 14.4 Å². The second kappa shape index (κ2) is 13.9. The van der Waals surface area contributed by atoms with Crippen molar-refractivity contribution < 1.29 is 19.5 Å². The van der Waals surface area contributed by atoms with Crippen LogP contribution in [0.3, 0.4) is 0 Å². The van der Waals surface area contributed by atoms with E-state index in [1.807, 2.05) is 45.0 Å². The van der Waals surface area contributed by atoms with Gasteiger partial charge in [0, 0.05) is 44.6 Å². The van der Waals surface area contributed by atoms with Crippen LogP contribution >= 0.6 is 11.8 Å². The van der Waals surface area contributed by atoms with Gasteiger partial charge in [0.2, 0.25) is 17.7 Å². The van der Waals surface area contributed by atoms with Crippen LogP contribution in [0.5, 0.6) is 0 Å². The molecule has 3 aliphatic rings. The van der Waals surface area contributed by atoms with E-state index < -0.39 is 22.6 Å². The fraction of sp³-hybridized carbons (Fsp3) is 0.594. The van der Waals surface area contributed by atoms with Crippen molar-refractivity contribution in [2.75, 3.05) is 32.8 Å². The lowest BCUT2D eigenvalue weighted by molar-refractivity contribution is -0.144. The molecule has 1 N–H and O–H groups in total. The van der Waals surface area contributed by atoms with E-state index in [-0.39, 0.29) is 29.6 Å². The first kappa shape index (κ1) is 30.4. The molecule has 1 aromatic carbocycles. The minimum Gasteiger partial charge on any atom is -0.396 e. The van der Waals surface area contributed by atoms with Crippen molar-refractivity contribution in [1.82, 2.24) is 14.7 Å². The Morgan fingerprint density at radius 2 is 1.77 bits per heavy atom. The highest BCUT2D eigenvalue weighted by molar-refractivity contribution is 8.02. The topological polar surface area (TPSA) is 81.2 Å². The number of hydrogen-bond acceptors (Lipinski definition) is 5. The minimum absolute atomic E-state index is 0.0300. The van der Waals surface area contributed by atoms with Crippen LogP contribution < -0.4 is 0 Å². The molecule has 2 bridgehead atoms. The number of fused-ring (bicyclic) bond motifs is 1. The van der Waals surface area contributed by atoms with E-state index in [1.54, 1.807) is 23.9 Å². The zero-order chi connectivity index (χ0) is 28.7. The van der Waals surface area contributed by atoms with Crippen LogP contribution in [0.2, 0.25) is 0 Å². The summed E-state index contributed by atoms with van der Waals surface area (Å²) in [7, 11) is 0. The second-order valence-corrected chi connectivity index (χ2v) is 12.9. The number of rotatable bonds is 16. The Morgan fingerprint density at radius 3 is 2.45 bits per heavy atom. The van der Waals surface area contributed by atoms with E-state index in [9.17, 15) is 19.5 Å². The van der Waals surface area contributed by atoms with E-state index >= 15 is 0 Å². The molecule has 1 spiro atoms. The molecule has 40 heavy (non-hydrogen) atoms. The van der Waals surface area contributed by atoms with Gasteiger partial charge >= 0.3 is 0 Å². The number of benzene rings is 1. The molecule has 8 heteroatoms. The van der Waals surface area contributed by atoms with Crippen LogP contribution in [-0.2, 0) is 20.9 Å². The Labute approximate surface area is 243 Å². The summed E-state index contributed by atoms with van der Waals surface area (Å²) in [5, 5.41) is 9.23. The molecule has 3 heterocycles. The minimum atomic E-state index is -0.599. The standard InChI is InChI=1S/C32H45N3O4S/c1-4-18-33(19-5-2)29(37)26-25-16-17-32(40-25)27(26)30(38)35(21-12-7-8-13-22-36)28(32)31(39)34(20-6-3)23-24-14-10-9-11-15-24/h4,6,9-11,14-15,25-28,36H,1,3,5,7-8,12-13,16-23H2,2H3/t25-,26+,27+,28?,32?/m1/s1. The molecule has 1 aromatic rings. The number of likely N-dealkylation sites (tertiary alicyclic amines) is 1. The quantitative estimate of drug-likeness (QED) is 0.238. The van der Waals surface area contributed by atoms with Crippen molar-refractivity contribution in [2.24, 2.45) is 11.8 Å². The average Bonchev–Trinajstić information content (AvgIpc) is 3.60. The molecule has 218 valence electrons. The molecule has 3 fully saturated rings. The van der Waals surface area contributed by atoms with E-state index in [0.717, 1.165) is 50.5 Å². The van der Waals surface area contributed by atoms with Crippen molar-refractivity contribution >= 4 is 29.5 Å². The molecule has 0 radical (unpaired) electrons. The van der Waals surface area contributed by atoms with Crippen molar-refractivity contribution in [3.05, 3.63) is 61.2 Å². The van der Waals surface area contributed by atoms with Crippen LogP contribution in [0.25, 0.3) is 0 Å². The summed E-state index contributed by atoms with van der Waals surface area (Å²) in [4.78, 5) is 48.2. The Kier molecular flexibility index (Phi) is 10.5. The van der Waals surface area contributed by atoms with Gasteiger partial charge < -0.3 is 19.8 Å². The van der Waals surface area contributed by atoms with Gasteiger partial charge in [-0.25, -0.2) is 0 Å². The molecule has 5 atom stereocenters. The first-order valence-electron chi connectivity index (χ1n) is 14.9. The maximum Gasteiger partial charge on any atom is 0.247 e. The third-order valence-electron chi connectivity index (χ3n) is 8.66. The first-order valence-corrected chi connectivity index (χ1v) is 15.7. The predicted molar refractivity (Wildman–Crippen MR) is 161 cm³/mol. The average molecular weight is 568 g/mol. The van der Waals surface area contributed by atoms with Crippen LogP contribution in [0.1, 0.15) is 57.4 Å². The van der Waals surface area contributed by atoms with Crippen molar-refractivity contribution in [3.63, 3.8) is 0 Å². The molecular weight excluding hydrogens is 522 g/mol. The molecule has 3 saturated heterocycles. The first-order chi connectivity index (χ1) is 19.4. The van der Waals surface area contributed by atoms with Crippen LogP contribution in [0, 0.1) is 11.8 Å². The number of hydrogen-bond donors (Lipinski definition) is 1. The Morgan fingerprint density at radius 1 is 1.07 bits per heavy atom. The van der Waals surface area contributed by atoms with Gasteiger partial charge in [-0.15, -0.1) is 24.9 Å². The number of carbonyl (C=O) groups is 3. The maximum absolute atomic E-state index is 14.5. The smallest absolute Gasteiger partial charge is 0.247 e.